The Labute approximate surface area is 187 Å². The van der Waals surface area contributed by atoms with E-state index in [1.807, 2.05) is 0 Å². The molecule has 1 N–H and O–H groups in total. The maximum absolute atomic E-state index is 12.6. The van der Waals surface area contributed by atoms with Crippen molar-refractivity contribution in [2.45, 2.75) is 11.3 Å². The molecule has 0 aromatic heterocycles. The van der Waals surface area contributed by atoms with Crippen LogP contribution in [-0.4, -0.2) is 64.6 Å². The van der Waals surface area contributed by atoms with Crippen molar-refractivity contribution in [2.75, 3.05) is 40.0 Å². The molecular formula is C23H26N2O6S. The summed E-state index contributed by atoms with van der Waals surface area (Å²) in [6, 6.07) is 13.4. The number of methoxy groups -OCH3 is 1. The third-order valence-corrected chi connectivity index (χ3v) is 6.92. The van der Waals surface area contributed by atoms with Crippen molar-refractivity contribution in [3.63, 3.8) is 0 Å². The van der Waals surface area contributed by atoms with Crippen molar-refractivity contribution < 1.29 is 27.5 Å². The number of hydrogen-bond acceptors (Lipinski definition) is 6. The number of morpholine rings is 1. The van der Waals surface area contributed by atoms with E-state index in [1.165, 1.54) is 17.5 Å². The molecule has 0 saturated carbocycles. The number of sulfonamides is 1. The molecule has 1 saturated heterocycles. The van der Waals surface area contributed by atoms with Crippen molar-refractivity contribution in [3.8, 4) is 0 Å². The Kier molecular flexibility index (Phi) is 8.15. The van der Waals surface area contributed by atoms with Crippen LogP contribution in [-0.2, 0) is 30.7 Å². The lowest BCUT2D eigenvalue weighted by atomic mass is 10.1. The Morgan fingerprint density at radius 3 is 2.34 bits per heavy atom. The molecule has 1 aliphatic rings. The van der Waals surface area contributed by atoms with Crippen LogP contribution >= 0.6 is 0 Å². The standard InChI is InChI=1S/C23H26N2O6S/c1-30-23(27)20-7-2-18(3-8-20)6-11-22(26)24-13-12-19-4-9-21(10-5-19)32(28,29)25-14-16-31-17-15-25/h2-11H,12-17H2,1H3,(H,24,26)/b11-6+. The van der Waals surface area contributed by atoms with Gasteiger partial charge in [-0.2, -0.15) is 4.31 Å². The maximum atomic E-state index is 12.6. The highest BCUT2D eigenvalue weighted by molar-refractivity contribution is 7.89. The van der Waals surface area contributed by atoms with Gasteiger partial charge in [0.05, 0.1) is 30.8 Å². The molecule has 0 spiro atoms. The van der Waals surface area contributed by atoms with Gasteiger partial charge in [-0.15, -0.1) is 0 Å². The quantitative estimate of drug-likeness (QED) is 0.479. The summed E-state index contributed by atoms with van der Waals surface area (Å²) in [6.07, 6.45) is 3.65. The number of nitrogens with one attached hydrogen (secondary N) is 1. The summed E-state index contributed by atoms with van der Waals surface area (Å²) in [6.45, 7) is 1.95. The van der Waals surface area contributed by atoms with Gasteiger partial charge in [0.2, 0.25) is 15.9 Å². The Balaban J connectivity index is 1.47. The third-order valence-electron chi connectivity index (χ3n) is 5.00. The minimum Gasteiger partial charge on any atom is -0.465 e. The van der Waals surface area contributed by atoms with Gasteiger partial charge in [-0.1, -0.05) is 24.3 Å². The van der Waals surface area contributed by atoms with Crippen LogP contribution in [0.2, 0.25) is 0 Å². The number of ether oxygens (including phenoxy) is 2. The molecule has 1 amide bonds. The van der Waals surface area contributed by atoms with E-state index in [9.17, 15) is 18.0 Å². The fourth-order valence-electron chi connectivity index (χ4n) is 3.17. The molecule has 0 atom stereocenters. The topological polar surface area (TPSA) is 102 Å². The van der Waals surface area contributed by atoms with E-state index in [2.05, 4.69) is 10.1 Å². The van der Waals surface area contributed by atoms with Crippen LogP contribution in [0.15, 0.2) is 59.5 Å². The summed E-state index contributed by atoms with van der Waals surface area (Å²) in [5, 5.41) is 2.80. The second kappa shape index (κ2) is 11.0. The highest BCUT2D eigenvalue weighted by Crippen LogP contribution is 2.17. The molecule has 1 aliphatic heterocycles. The highest BCUT2D eigenvalue weighted by atomic mass is 32.2. The fourth-order valence-corrected chi connectivity index (χ4v) is 4.58. The molecule has 1 heterocycles. The van der Waals surface area contributed by atoms with E-state index in [-0.39, 0.29) is 10.8 Å². The van der Waals surface area contributed by atoms with Gasteiger partial charge in [0, 0.05) is 25.7 Å². The summed E-state index contributed by atoms with van der Waals surface area (Å²) in [5.74, 6) is -0.654. The number of nitrogens with zero attached hydrogens (tertiary/aromatic N) is 1. The predicted octanol–water partition coefficient (Wildman–Crippen LogP) is 1.87. The third kappa shape index (κ3) is 6.25. The molecule has 9 heteroatoms. The van der Waals surface area contributed by atoms with Crippen LogP contribution in [0, 0.1) is 0 Å². The van der Waals surface area contributed by atoms with E-state index >= 15 is 0 Å². The summed E-state index contributed by atoms with van der Waals surface area (Å²) in [7, 11) is -2.19. The zero-order chi connectivity index (χ0) is 23.0. The molecule has 3 rings (SSSR count). The lowest BCUT2D eigenvalue weighted by molar-refractivity contribution is -0.116. The van der Waals surface area contributed by atoms with Gasteiger partial charge in [0.25, 0.3) is 0 Å². The lowest BCUT2D eigenvalue weighted by Gasteiger charge is -2.26. The van der Waals surface area contributed by atoms with Crippen LogP contribution in [0.1, 0.15) is 21.5 Å². The van der Waals surface area contributed by atoms with Gasteiger partial charge in [0.15, 0.2) is 0 Å². The van der Waals surface area contributed by atoms with Crippen LogP contribution in [0.25, 0.3) is 6.08 Å². The molecule has 32 heavy (non-hydrogen) atoms. The van der Waals surface area contributed by atoms with Crippen molar-refractivity contribution in [2.24, 2.45) is 0 Å². The highest BCUT2D eigenvalue weighted by Gasteiger charge is 2.25. The Bertz CT molecular complexity index is 1060. The summed E-state index contributed by atoms with van der Waals surface area (Å²) >= 11 is 0. The van der Waals surface area contributed by atoms with Crippen LogP contribution in [0.3, 0.4) is 0 Å². The maximum Gasteiger partial charge on any atom is 0.337 e. The molecule has 0 bridgehead atoms. The second-order valence-corrected chi connectivity index (χ2v) is 9.09. The van der Waals surface area contributed by atoms with E-state index in [4.69, 9.17) is 4.74 Å². The van der Waals surface area contributed by atoms with Crippen LogP contribution < -0.4 is 5.32 Å². The van der Waals surface area contributed by atoms with Gasteiger partial charge < -0.3 is 14.8 Å². The van der Waals surface area contributed by atoms with Gasteiger partial charge >= 0.3 is 5.97 Å². The predicted molar refractivity (Wildman–Crippen MR) is 120 cm³/mol. The van der Waals surface area contributed by atoms with Gasteiger partial charge in [0.1, 0.15) is 0 Å². The minimum atomic E-state index is -3.51. The normalized spacial score (nSPS) is 14.9. The number of hydrogen-bond donors (Lipinski definition) is 1. The number of esters is 1. The Hall–Kier alpha value is -3.01. The number of amides is 1. The zero-order valence-corrected chi connectivity index (χ0v) is 18.6. The van der Waals surface area contributed by atoms with Gasteiger partial charge in [-0.25, -0.2) is 13.2 Å². The SMILES string of the molecule is COC(=O)c1ccc(/C=C/C(=O)NCCc2ccc(S(=O)(=O)N3CCOCC3)cc2)cc1. The average Bonchev–Trinajstić information content (AvgIpc) is 2.83. The molecule has 2 aromatic rings. The number of rotatable bonds is 8. The van der Waals surface area contributed by atoms with E-state index in [0.717, 1.165) is 11.1 Å². The van der Waals surface area contributed by atoms with Crippen molar-refractivity contribution in [1.82, 2.24) is 9.62 Å². The fraction of sp³-hybridized carbons (Fsp3) is 0.304. The van der Waals surface area contributed by atoms with Crippen molar-refractivity contribution >= 4 is 28.0 Å². The molecule has 0 unspecified atom stereocenters. The molecule has 0 radical (unpaired) electrons. The smallest absolute Gasteiger partial charge is 0.337 e. The molecule has 8 nitrogen and oxygen atoms in total. The summed E-state index contributed by atoms with van der Waals surface area (Å²) in [4.78, 5) is 23.7. The van der Waals surface area contributed by atoms with Crippen molar-refractivity contribution in [3.05, 3.63) is 71.3 Å². The largest absolute Gasteiger partial charge is 0.465 e. The minimum absolute atomic E-state index is 0.242. The molecule has 1 fully saturated rings. The van der Waals surface area contributed by atoms with Crippen LogP contribution in [0.4, 0.5) is 0 Å². The van der Waals surface area contributed by atoms with Crippen molar-refractivity contribution in [1.29, 1.82) is 0 Å². The number of carbonyl (C=O) groups is 2. The Morgan fingerprint density at radius 1 is 1.06 bits per heavy atom. The molecule has 170 valence electrons. The van der Waals surface area contributed by atoms with Gasteiger partial charge in [-0.3, -0.25) is 4.79 Å². The molecule has 0 aliphatic carbocycles. The van der Waals surface area contributed by atoms with E-state index < -0.39 is 16.0 Å². The zero-order valence-electron chi connectivity index (χ0n) is 17.8. The monoisotopic (exact) mass is 458 g/mol. The first kappa shape index (κ1) is 23.6. The number of benzene rings is 2. The van der Waals surface area contributed by atoms with E-state index in [1.54, 1.807) is 54.6 Å². The average molecular weight is 459 g/mol. The van der Waals surface area contributed by atoms with E-state index in [0.29, 0.717) is 44.8 Å². The first-order valence-electron chi connectivity index (χ1n) is 10.2. The summed E-state index contributed by atoms with van der Waals surface area (Å²) in [5.41, 5.74) is 2.15. The van der Waals surface area contributed by atoms with Crippen LogP contribution in [0.5, 0.6) is 0 Å². The molecule has 2 aromatic carbocycles. The second-order valence-electron chi connectivity index (χ2n) is 7.15. The van der Waals surface area contributed by atoms with Gasteiger partial charge in [-0.05, 0) is 47.9 Å². The first-order chi connectivity index (χ1) is 15.4. The number of carbonyl (C=O) groups excluding carboxylic acids is 2. The molecular weight excluding hydrogens is 432 g/mol. The summed E-state index contributed by atoms with van der Waals surface area (Å²) < 4.78 is 36.6. The Morgan fingerprint density at radius 2 is 1.72 bits per heavy atom. The first-order valence-corrected chi connectivity index (χ1v) is 11.7. The lowest BCUT2D eigenvalue weighted by Crippen LogP contribution is -2.40.